The Morgan fingerprint density at radius 3 is 1.18 bits per heavy atom. The van der Waals surface area contributed by atoms with Crippen LogP contribution < -0.4 is 9.47 Å². The molecule has 202 valence electrons. The fraction of sp³-hybridized carbons (Fsp3) is 0.133. The molecule has 2 aliphatic heterocycles. The zero-order valence-corrected chi connectivity index (χ0v) is 20.6. The molecule has 4 atom stereocenters. The molecule has 0 unspecified atom stereocenters. The third kappa shape index (κ3) is 3.97. The number of phenolic OH excluding ortho intramolecular Hbond substituents is 6. The molecular formula is C30H22O10. The zero-order chi connectivity index (χ0) is 28.3. The summed E-state index contributed by atoms with van der Waals surface area (Å²) < 4.78 is 11.1. The molecule has 6 rings (SSSR count). The van der Waals surface area contributed by atoms with Gasteiger partial charge in [0, 0.05) is 47.2 Å². The highest BCUT2D eigenvalue weighted by Gasteiger charge is 2.54. The molecule has 0 saturated heterocycles. The molecule has 0 bridgehead atoms. The van der Waals surface area contributed by atoms with Crippen LogP contribution in [0, 0.1) is 11.8 Å². The molecule has 0 amide bonds. The van der Waals surface area contributed by atoms with Crippen LogP contribution >= 0.6 is 0 Å². The van der Waals surface area contributed by atoms with Gasteiger partial charge in [0.05, 0.1) is 11.8 Å². The van der Waals surface area contributed by atoms with Crippen molar-refractivity contribution in [2.24, 2.45) is 11.8 Å². The Kier molecular flexibility index (Phi) is 5.69. The van der Waals surface area contributed by atoms with E-state index < -0.39 is 35.6 Å². The molecule has 0 fully saturated rings. The lowest BCUT2D eigenvalue weighted by atomic mass is 9.65. The predicted molar refractivity (Wildman–Crippen MR) is 138 cm³/mol. The van der Waals surface area contributed by atoms with Crippen LogP contribution in [0.4, 0.5) is 0 Å². The van der Waals surface area contributed by atoms with Crippen molar-refractivity contribution < 1.29 is 49.7 Å². The van der Waals surface area contributed by atoms with E-state index in [2.05, 4.69) is 0 Å². The van der Waals surface area contributed by atoms with E-state index >= 15 is 0 Å². The summed E-state index contributed by atoms with van der Waals surface area (Å²) in [5.41, 5.74) is 1.15. The van der Waals surface area contributed by atoms with Crippen LogP contribution in [0.3, 0.4) is 0 Å². The molecule has 0 aromatic heterocycles. The molecule has 4 aromatic carbocycles. The second kappa shape index (κ2) is 9.12. The lowest BCUT2D eigenvalue weighted by Gasteiger charge is -2.41. The van der Waals surface area contributed by atoms with E-state index in [-0.39, 0.29) is 57.1 Å². The van der Waals surface area contributed by atoms with Gasteiger partial charge in [0.25, 0.3) is 0 Å². The minimum Gasteiger partial charge on any atom is -0.508 e. The molecule has 0 saturated carbocycles. The normalized spacial score (nSPS) is 21.6. The smallest absolute Gasteiger partial charge is 0.316 e. The average molecular weight is 542 g/mol. The molecule has 4 aromatic rings. The maximum atomic E-state index is 13.8. The second-order valence-corrected chi connectivity index (χ2v) is 9.79. The fourth-order valence-electron chi connectivity index (χ4n) is 5.79. The number of hydrogen-bond acceptors (Lipinski definition) is 10. The largest absolute Gasteiger partial charge is 0.508 e. The van der Waals surface area contributed by atoms with Crippen molar-refractivity contribution in [2.45, 2.75) is 11.8 Å². The molecule has 0 spiro atoms. The van der Waals surface area contributed by atoms with E-state index in [1.54, 1.807) is 0 Å². The molecule has 0 radical (unpaired) electrons. The number of hydrogen-bond donors (Lipinski definition) is 6. The van der Waals surface area contributed by atoms with Gasteiger partial charge >= 0.3 is 11.9 Å². The van der Waals surface area contributed by atoms with Crippen molar-refractivity contribution in [3.8, 4) is 46.0 Å². The van der Waals surface area contributed by atoms with Crippen molar-refractivity contribution in [1.29, 1.82) is 0 Å². The zero-order valence-electron chi connectivity index (χ0n) is 20.6. The molecule has 10 nitrogen and oxygen atoms in total. The first kappa shape index (κ1) is 24.9. The first-order valence-electron chi connectivity index (χ1n) is 12.3. The van der Waals surface area contributed by atoms with Crippen molar-refractivity contribution in [3.63, 3.8) is 0 Å². The van der Waals surface area contributed by atoms with Crippen molar-refractivity contribution in [3.05, 3.63) is 95.1 Å². The Hall–Kier alpha value is -5.38. The van der Waals surface area contributed by atoms with Crippen molar-refractivity contribution in [1.82, 2.24) is 0 Å². The SMILES string of the molecule is O=C1Oc2cc(O)cc(O)c2[C@H](c2ccc(O)cc2)[C@@H]1[C@@H]1C(=O)Oc2cc(O)cc(O)c2[C@@H]1c1ccc(O)cc1. The van der Waals surface area contributed by atoms with E-state index in [1.807, 2.05) is 0 Å². The summed E-state index contributed by atoms with van der Waals surface area (Å²) in [6.07, 6.45) is 0. The molecule has 10 heteroatoms. The lowest BCUT2D eigenvalue weighted by Crippen LogP contribution is -2.46. The molecule has 6 N–H and O–H groups in total. The van der Waals surface area contributed by atoms with E-state index in [9.17, 15) is 40.2 Å². The average Bonchev–Trinajstić information content (AvgIpc) is 2.88. The number of ether oxygens (including phenoxy) is 2. The standard InChI is InChI=1S/C30H22O10/c31-15-5-1-13(2-6-15)23-25-19(35)9-17(33)11-21(25)39-29(37)27(23)28-24(14-3-7-16(32)8-4-14)26-20(36)10-18(34)12-22(26)40-30(28)38/h1-12,23-24,27-28,31-36H/t23-,24-,27+,28+/m0/s1. The van der Waals surface area contributed by atoms with Gasteiger partial charge in [-0.15, -0.1) is 0 Å². The highest BCUT2D eigenvalue weighted by atomic mass is 16.5. The Morgan fingerprint density at radius 2 is 0.825 bits per heavy atom. The van der Waals surface area contributed by atoms with Gasteiger partial charge in [-0.3, -0.25) is 9.59 Å². The monoisotopic (exact) mass is 542 g/mol. The van der Waals surface area contributed by atoms with Gasteiger partial charge in [0.1, 0.15) is 46.0 Å². The number of phenols is 6. The minimum atomic E-state index is -1.33. The summed E-state index contributed by atoms with van der Waals surface area (Å²) in [7, 11) is 0. The summed E-state index contributed by atoms with van der Waals surface area (Å²) in [4.78, 5) is 27.5. The predicted octanol–water partition coefficient (Wildman–Crippen LogP) is 3.95. The van der Waals surface area contributed by atoms with Gasteiger partial charge in [-0.05, 0) is 35.4 Å². The van der Waals surface area contributed by atoms with Crippen molar-refractivity contribution in [2.75, 3.05) is 0 Å². The number of rotatable bonds is 3. The molecule has 40 heavy (non-hydrogen) atoms. The Labute approximate surface area is 226 Å². The first-order valence-corrected chi connectivity index (χ1v) is 12.3. The van der Waals surface area contributed by atoms with Gasteiger partial charge in [-0.1, -0.05) is 24.3 Å². The minimum absolute atomic E-state index is 0.0495. The summed E-state index contributed by atoms with van der Waals surface area (Å²) in [5.74, 6) is -8.18. The Bertz CT molecular complexity index is 1530. The Balaban J connectivity index is 1.62. The molecular weight excluding hydrogens is 520 g/mol. The summed E-state index contributed by atoms with van der Waals surface area (Å²) in [6, 6.07) is 16.2. The third-order valence-corrected chi connectivity index (χ3v) is 7.41. The van der Waals surface area contributed by atoms with Crippen LogP contribution in [0.25, 0.3) is 0 Å². The van der Waals surface area contributed by atoms with E-state index in [0.29, 0.717) is 11.1 Å². The summed E-state index contributed by atoms with van der Waals surface area (Å²) in [5, 5.41) is 61.8. The van der Waals surface area contributed by atoms with E-state index in [4.69, 9.17) is 9.47 Å². The lowest BCUT2D eigenvalue weighted by molar-refractivity contribution is -0.154. The van der Waals surface area contributed by atoms with Crippen LogP contribution in [0.15, 0.2) is 72.8 Å². The first-order chi connectivity index (χ1) is 19.1. The third-order valence-electron chi connectivity index (χ3n) is 7.41. The number of carbonyl (C=O) groups excluding carboxylic acids is 2. The number of fused-ring (bicyclic) bond motifs is 2. The van der Waals surface area contributed by atoms with E-state index in [0.717, 1.165) is 12.1 Å². The maximum Gasteiger partial charge on any atom is 0.316 e. The fourth-order valence-corrected chi connectivity index (χ4v) is 5.79. The van der Waals surface area contributed by atoms with Gasteiger partial charge in [0.15, 0.2) is 0 Å². The topological polar surface area (TPSA) is 174 Å². The van der Waals surface area contributed by atoms with E-state index in [1.165, 1.54) is 60.7 Å². The number of aromatic hydroxyl groups is 6. The summed E-state index contributed by atoms with van der Waals surface area (Å²) >= 11 is 0. The number of benzene rings is 4. The molecule has 2 aliphatic rings. The van der Waals surface area contributed by atoms with Crippen molar-refractivity contribution >= 4 is 11.9 Å². The maximum absolute atomic E-state index is 13.8. The highest BCUT2D eigenvalue weighted by molar-refractivity contribution is 5.91. The molecule has 0 aliphatic carbocycles. The number of carbonyl (C=O) groups is 2. The highest BCUT2D eigenvalue weighted by Crippen LogP contribution is 2.57. The quantitative estimate of drug-likeness (QED) is 0.164. The van der Waals surface area contributed by atoms with Crippen LogP contribution in [0.2, 0.25) is 0 Å². The molecule has 2 heterocycles. The van der Waals surface area contributed by atoms with Crippen LogP contribution in [0.1, 0.15) is 34.1 Å². The van der Waals surface area contributed by atoms with Gasteiger partial charge in [-0.25, -0.2) is 0 Å². The van der Waals surface area contributed by atoms with Gasteiger partial charge in [0.2, 0.25) is 0 Å². The second-order valence-electron chi connectivity index (χ2n) is 9.79. The number of esters is 2. The summed E-state index contributed by atoms with van der Waals surface area (Å²) in [6.45, 7) is 0. The van der Waals surface area contributed by atoms with Crippen LogP contribution in [0.5, 0.6) is 46.0 Å². The Morgan fingerprint density at radius 1 is 0.475 bits per heavy atom. The van der Waals surface area contributed by atoms with Crippen LogP contribution in [-0.2, 0) is 9.59 Å². The van der Waals surface area contributed by atoms with Gasteiger partial charge in [-0.2, -0.15) is 0 Å². The van der Waals surface area contributed by atoms with Gasteiger partial charge < -0.3 is 40.1 Å². The van der Waals surface area contributed by atoms with Crippen LogP contribution in [-0.4, -0.2) is 42.6 Å².